The molecule has 2 rings (SSSR count). The van der Waals surface area contributed by atoms with Crippen molar-refractivity contribution in [1.82, 2.24) is 5.32 Å². The molecule has 0 aliphatic rings. The van der Waals surface area contributed by atoms with Gasteiger partial charge in [0.1, 0.15) is 18.5 Å². The lowest BCUT2D eigenvalue weighted by atomic mass is 10.1. The number of hydrogen-bond donors (Lipinski definition) is 1. The van der Waals surface area contributed by atoms with Gasteiger partial charge >= 0.3 is 5.97 Å². The van der Waals surface area contributed by atoms with Crippen molar-refractivity contribution in [3.8, 4) is 5.75 Å². The van der Waals surface area contributed by atoms with E-state index in [9.17, 15) is 4.79 Å². The van der Waals surface area contributed by atoms with Crippen molar-refractivity contribution in [2.75, 3.05) is 13.2 Å². The maximum absolute atomic E-state index is 11.2. The van der Waals surface area contributed by atoms with Crippen LogP contribution < -0.4 is 10.1 Å². The molecule has 2 aromatic carbocycles. The van der Waals surface area contributed by atoms with Crippen molar-refractivity contribution < 1.29 is 14.3 Å². The molecule has 0 radical (unpaired) electrons. The lowest BCUT2D eigenvalue weighted by Gasteiger charge is -2.20. The highest BCUT2D eigenvalue weighted by Gasteiger charge is 2.14. The fraction of sp³-hybridized carbons (Fsp3) is 0.389. The lowest BCUT2D eigenvalue weighted by Crippen LogP contribution is -2.38. The van der Waals surface area contributed by atoms with E-state index in [1.54, 1.807) is 0 Å². The van der Waals surface area contributed by atoms with Crippen LogP contribution in [0.4, 0.5) is 0 Å². The number of fused-ring (bicyclic) bond motifs is 1. The van der Waals surface area contributed by atoms with E-state index in [1.165, 1.54) is 6.92 Å². The van der Waals surface area contributed by atoms with E-state index < -0.39 is 0 Å². The Labute approximate surface area is 131 Å². The Bertz CT molecular complexity index is 619. The highest BCUT2D eigenvalue weighted by molar-refractivity contribution is 5.88. The summed E-state index contributed by atoms with van der Waals surface area (Å²) in [6.45, 7) is 6.42. The number of carbonyl (C=O) groups is 1. The number of nitrogens with one attached hydrogen (secondary N) is 1. The van der Waals surface area contributed by atoms with Gasteiger partial charge in [0, 0.05) is 24.9 Å². The molecule has 22 heavy (non-hydrogen) atoms. The van der Waals surface area contributed by atoms with Crippen molar-refractivity contribution in [3.63, 3.8) is 0 Å². The number of rotatable bonds is 7. The number of esters is 1. The predicted molar refractivity (Wildman–Crippen MR) is 88.1 cm³/mol. The highest BCUT2D eigenvalue weighted by Crippen LogP contribution is 2.25. The SMILES string of the molecule is CC(=O)O[C@H](CNC(C)C)COc1cccc2ccccc12. The third-order valence-electron chi connectivity index (χ3n) is 3.26. The van der Waals surface area contributed by atoms with Crippen LogP contribution in [-0.2, 0) is 9.53 Å². The first-order valence-electron chi connectivity index (χ1n) is 7.57. The van der Waals surface area contributed by atoms with Gasteiger partial charge in [0.25, 0.3) is 0 Å². The number of benzene rings is 2. The van der Waals surface area contributed by atoms with Crippen molar-refractivity contribution in [2.45, 2.75) is 32.9 Å². The molecular formula is C18H23NO3. The highest BCUT2D eigenvalue weighted by atomic mass is 16.6. The molecule has 0 fully saturated rings. The van der Waals surface area contributed by atoms with E-state index >= 15 is 0 Å². The third-order valence-corrected chi connectivity index (χ3v) is 3.26. The predicted octanol–water partition coefficient (Wildman–Crippen LogP) is 3.15. The minimum Gasteiger partial charge on any atom is -0.489 e. The van der Waals surface area contributed by atoms with Crippen LogP contribution in [0.15, 0.2) is 42.5 Å². The molecule has 0 spiro atoms. The maximum atomic E-state index is 11.2. The Balaban J connectivity index is 2.05. The van der Waals surface area contributed by atoms with Crippen molar-refractivity contribution in [3.05, 3.63) is 42.5 Å². The van der Waals surface area contributed by atoms with Gasteiger partial charge in [-0.1, -0.05) is 50.2 Å². The van der Waals surface area contributed by atoms with Crippen LogP contribution in [-0.4, -0.2) is 31.3 Å². The van der Waals surface area contributed by atoms with Gasteiger partial charge < -0.3 is 14.8 Å². The van der Waals surface area contributed by atoms with Crippen LogP contribution in [0.25, 0.3) is 10.8 Å². The smallest absolute Gasteiger partial charge is 0.303 e. The van der Waals surface area contributed by atoms with Crippen LogP contribution >= 0.6 is 0 Å². The maximum Gasteiger partial charge on any atom is 0.303 e. The molecule has 0 bridgehead atoms. The van der Waals surface area contributed by atoms with E-state index in [0.29, 0.717) is 19.2 Å². The molecule has 2 aromatic rings. The molecule has 0 unspecified atom stereocenters. The van der Waals surface area contributed by atoms with Gasteiger partial charge in [0.2, 0.25) is 0 Å². The second-order valence-electron chi connectivity index (χ2n) is 5.58. The van der Waals surface area contributed by atoms with Crippen LogP contribution in [0.5, 0.6) is 5.75 Å². The second-order valence-corrected chi connectivity index (χ2v) is 5.58. The Morgan fingerprint density at radius 2 is 1.86 bits per heavy atom. The lowest BCUT2D eigenvalue weighted by molar-refractivity contribution is -0.147. The molecule has 0 aromatic heterocycles. The normalized spacial score (nSPS) is 12.4. The van der Waals surface area contributed by atoms with Gasteiger partial charge in [-0.25, -0.2) is 0 Å². The molecule has 4 nitrogen and oxygen atoms in total. The van der Waals surface area contributed by atoms with E-state index in [1.807, 2.05) is 42.5 Å². The van der Waals surface area contributed by atoms with E-state index in [0.717, 1.165) is 16.5 Å². The first kappa shape index (κ1) is 16.3. The number of carbonyl (C=O) groups excluding carboxylic acids is 1. The van der Waals surface area contributed by atoms with E-state index in [4.69, 9.17) is 9.47 Å². The van der Waals surface area contributed by atoms with Crippen molar-refractivity contribution in [1.29, 1.82) is 0 Å². The van der Waals surface area contributed by atoms with Crippen LogP contribution in [0, 0.1) is 0 Å². The number of ether oxygens (including phenoxy) is 2. The first-order chi connectivity index (χ1) is 10.6. The number of hydrogen-bond acceptors (Lipinski definition) is 4. The molecule has 0 saturated carbocycles. The van der Waals surface area contributed by atoms with Gasteiger partial charge in [-0.2, -0.15) is 0 Å². The average Bonchev–Trinajstić information content (AvgIpc) is 2.49. The summed E-state index contributed by atoms with van der Waals surface area (Å²) >= 11 is 0. The fourth-order valence-corrected chi connectivity index (χ4v) is 2.24. The molecule has 1 N–H and O–H groups in total. The Morgan fingerprint density at radius 3 is 2.59 bits per heavy atom. The Hall–Kier alpha value is -2.07. The molecule has 1 atom stereocenters. The Morgan fingerprint density at radius 1 is 1.14 bits per heavy atom. The molecule has 0 saturated heterocycles. The molecule has 0 heterocycles. The minimum absolute atomic E-state index is 0.294. The summed E-state index contributed by atoms with van der Waals surface area (Å²) in [6.07, 6.45) is -0.307. The summed E-state index contributed by atoms with van der Waals surface area (Å²) in [6, 6.07) is 14.3. The molecule has 0 aliphatic heterocycles. The van der Waals surface area contributed by atoms with Crippen LogP contribution in [0.1, 0.15) is 20.8 Å². The van der Waals surface area contributed by atoms with Crippen LogP contribution in [0.3, 0.4) is 0 Å². The zero-order valence-corrected chi connectivity index (χ0v) is 13.3. The van der Waals surface area contributed by atoms with Gasteiger partial charge in [0.05, 0.1) is 0 Å². The Kier molecular flexibility index (Phi) is 5.78. The first-order valence-corrected chi connectivity index (χ1v) is 7.57. The van der Waals surface area contributed by atoms with Gasteiger partial charge in [0.15, 0.2) is 0 Å². The largest absolute Gasteiger partial charge is 0.489 e. The monoisotopic (exact) mass is 301 g/mol. The molecule has 4 heteroatoms. The molecule has 0 aliphatic carbocycles. The molecule has 0 amide bonds. The fourth-order valence-electron chi connectivity index (χ4n) is 2.24. The topological polar surface area (TPSA) is 47.6 Å². The van der Waals surface area contributed by atoms with Gasteiger partial charge in [-0.15, -0.1) is 0 Å². The zero-order chi connectivity index (χ0) is 15.9. The van der Waals surface area contributed by atoms with Crippen LogP contribution in [0.2, 0.25) is 0 Å². The summed E-state index contributed by atoms with van der Waals surface area (Å²) < 4.78 is 11.2. The summed E-state index contributed by atoms with van der Waals surface area (Å²) in [5.41, 5.74) is 0. The van der Waals surface area contributed by atoms with E-state index in [-0.39, 0.29) is 12.1 Å². The summed E-state index contributed by atoms with van der Waals surface area (Å²) in [5, 5.41) is 5.45. The third kappa shape index (κ3) is 4.74. The second kappa shape index (κ2) is 7.80. The molecular weight excluding hydrogens is 278 g/mol. The van der Waals surface area contributed by atoms with Crippen molar-refractivity contribution >= 4 is 16.7 Å². The zero-order valence-electron chi connectivity index (χ0n) is 13.3. The minimum atomic E-state index is -0.307. The quantitative estimate of drug-likeness (QED) is 0.798. The standard InChI is InChI=1S/C18H23NO3/c1-13(2)19-11-16(22-14(3)20)12-21-18-10-6-8-15-7-4-5-9-17(15)18/h4-10,13,16,19H,11-12H2,1-3H3/t16-/m1/s1. The summed E-state index contributed by atoms with van der Waals surface area (Å²) in [7, 11) is 0. The van der Waals surface area contributed by atoms with Crippen molar-refractivity contribution in [2.24, 2.45) is 0 Å². The van der Waals surface area contributed by atoms with E-state index in [2.05, 4.69) is 19.2 Å². The van der Waals surface area contributed by atoms with Gasteiger partial charge in [-0.05, 0) is 11.5 Å². The summed E-state index contributed by atoms with van der Waals surface area (Å²) in [5.74, 6) is 0.511. The van der Waals surface area contributed by atoms with Gasteiger partial charge in [-0.3, -0.25) is 4.79 Å². The molecule has 118 valence electrons. The summed E-state index contributed by atoms with van der Waals surface area (Å²) in [4.78, 5) is 11.2. The average molecular weight is 301 g/mol.